The van der Waals surface area contributed by atoms with Crippen LogP contribution < -0.4 is 11.1 Å². The Hall–Kier alpha value is -1.06. The van der Waals surface area contributed by atoms with Gasteiger partial charge in [-0.15, -0.1) is 0 Å². The largest absolute Gasteiger partial charge is 0.348 e. The number of halogens is 1. The molecule has 0 saturated carbocycles. The lowest BCUT2D eigenvalue weighted by Crippen LogP contribution is -2.51. The molecule has 0 fully saturated rings. The van der Waals surface area contributed by atoms with Crippen LogP contribution in [0.3, 0.4) is 0 Å². The lowest BCUT2D eigenvalue weighted by atomic mass is 9.98. The Bertz CT molecular complexity index is 404. The molecule has 0 radical (unpaired) electrons. The lowest BCUT2D eigenvalue weighted by molar-refractivity contribution is -0.126. The van der Waals surface area contributed by atoms with Crippen molar-refractivity contribution in [3.8, 4) is 0 Å². The van der Waals surface area contributed by atoms with Gasteiger partial charge in [0, 0.05) is 5.02 Å². The number of hydrogen-bond acceptors (Lipinski definition) is 2. The molecule has 0 aliphatic carbocycles. The highest BCUT2D eigenvalue weighted by Crippen LogP contribution is 2.18. The van der Waals surface area contributed by atoms with Gasteiger partial charge in [0.2, 0.25) is 5.91 Å². The van der Waals surface area contributed by atoms with Crippen molar-refractivity contribution in [3.05, 3.63) is 34.9 Å². The van der Waals surface area contributed by atoms with Crippen molar-refractivity contribution < 1.29 is 4.79 Å². The first-order valence-electron chi connectivity index (χ1n) is 5.72. The van der Waals surface area contributed by atoms with Gasteiger partial charge >= 0.3 is 0 Å². The first-order valence-corrected chi connectivity index (χ1v) is 6.10. The fraction of sp³-hybridized carbons (Fsp3) is 0.462. The van der Waals surface area contributed by atoms with Gasteiger partial charge in [-0.2, -0.15) is 0 Å². The molecule has 1 rings (SSSR count). The predicted octanol–water partition coefficient (Wildman–Crippen LogP) is 2.64. The van der Waals surface area contributed by atoms with Crippen LogP contribution in [0.1, 0.15) is 38.8 Å². The highest BCUT2D eigenvalue weighted by Gasteiger charge is 2.27. The molecule has 1 aromatic rings. The maximum absolute atomic E-state index is 11.9. The van der Waals surface area contributed by atoms with Crippen molar-refractivity contribution in [2.24, 2.45) is 5.73 Å². The Balaban J connectivity index is 2.73. The van der Waals surface area contributed by atoms with Crippen molar-refractivity contribution in [1.82, 2.24) is 5.32 Å². The summed E-state index contributed by atoms with van der Waals surface area (Å²) in [6.45, 7) is 5.53. The highest BCUT2D eigenvalue weighted by molar-refractivity contribution is 6.30. The van der Waals surface area contributed by atoms with Crippen molar-refractivity contribution in [1.29, 1.82) is 0 Å². The summed E-state index contributed by atoms with van der Waals surface area (Å²) in [5.74, 6) is -0.146. The second-order valence-electron chi connectivity index (χ2n) is 4.52. The molecule has 4 heteroatoms. The van der Waals surface area contributed by atoms with Gasteiger partial charge in [0.1, 0.15) is 0 Å². The van der Waals surface area contributed by atoms with Gasteiger partial charge in [-0.25, -0.2) is 0 Å². The molecular weight excluding hydrogens is 236 g/mol. The van der Waals surface area contributed by atoms with E-state index < -0.39 is 5.54 Å². The minimum absolute atomic E-state index is 0.101. The summed E-state index contributed by atoms with van der Waals surface area (Å²) in [7, 11) is 0. The number of hydrogen-bond donors (Lipinski definition) is 2. The van der Waals surface area contributed by atoms with Crippen LogP contribution in [-0.4, -0.2) is 11.4 Å². The SMILES string of the molecule is CCC(C)(N)C(=O)N[C@H](C)c1cccc(Cl)c1. The summed E-state index contributed by atoms with van der Waals surface area (Å²) in [6, 6.07) is 7.33. The molecule has 17 heavy (non-hydrogen) atoms. The zero-order valence-electron chi connectivity index (χ0n) is 10.5. The van der Waals surface area contributed by atoms with Gasteiger partial charge in [-0.05, 0) is 38.0 Å². The topological polar surface area (TPSA) is 55.1 Å². The van der Waals surface area contributed by atoms with E-state index in [0.717, 1.165) is 5.56 Å². The molecule has 0 bridgehead atoms. The first-order chi connectivity index (χ1) is 7.86. The van der Waals surface area contributed by atoms with Crippen molar-refractivity contribution in [2.75, 3.05) is 0 Å². The molecule has 0 heterocycles. The van der Waals surface area contributed by atoms with E-state index in [1.165, 1.54) is 0 Å². The normalized spacial score (nSPS) is 16.1. The van der Waals surface area contributed by atoms with Crippen LogP contribution >= 0.6 is 11.6 Å². The van der Waals surface area contributed by atoms with Crippen LogP contribution in [0.15, 0.2) is 24.3 Å². The third kappa shape index (κ3) is 3.72. The molecule has 2 atom stereocenters. The monoisotopic (exact) mass is 254 g/mol. The molecule has 0 aliphatic heterocycles. The van der Waals surface area contributed by atoms with Gasteiger partial charge in [0.25, 0.3) is 0 Å². The van der Waals surface area contributed by atoms with E-state index in [1.807, 2.05) is 32.0 Å². The summed E-state index contributed by atoms with van der Waals surface area (Å²) >= 11 is 5.91. The average Bonchev–Trinajstić information content (AvgIpc) is 2.28. The van der Waals surface area contributed by atoms with E-state index in [2.05, 4.69) is 5.32 Å². The van der Waals surface area contributed by atoms with E-state index in [9.17, 15) is 4.79 Å². The van der Waals surface area contributed by atoms with Crippen LogP contribution in [0.4, 0.5) is 0 Å². The fourth-order valence-electron chi connectivity index (χ4n) is 1.38. The van der Waals surface area contributed by atoms with Gasteiger partial charge in [0.15, 0.2) is 0 Å². The van der Waals surface area contributed by atoms with Crippen molar-refractivity contribution >= 4 is 17.5 Å². The van der Waals surface area contributed by atoms with E-state index in [4.69, 9.17) is 17.3 Å². The number of amides is 1. The maximum atomic E-state index is 11.9. The Morgan fingerprint density at radius 2 is 2.24 bits per heavy atom. The molecule has 0 saturated heterocycles. The number of nitrogens with one attached hydrogen (secondary N) is 1. The highest BCUT2D eigenvalue weighted by atomic mass is 35.5. The average molecular weight is 255 g/mol. The van der Waals surface area contributed by atoms with Gasteiger partial charge < -0.3 is 11.1 Å². The molecule has 1 unspecified atom stereocenters. The van der Waals surface area contributed by atoms with E-state index in [1.54, 1.807) is 13.0 Å². The van der Waals surface area contributed by atoms with E-state index in [-0.39, 0.29) is 11.9 Å². The third-order valence-corrected chi connectivity index (χ3v) is 3.18. The molecule has 0 spiro atoms. The Kier molecular flexibility index (Phi) is 4.54. The lowest BCUT2D eigenvalue weighted by Gasteiger charge is -2.24. The molecule has 3 N–H and O–H groups in total. The van der Waals surface area contributed by atoms with Gasteiger partial charge in [-0.3, -0.25) is 4.79 Å². The zero-order chi connectivity index (χ0) is 13.1. The molecule has 3 nitrogen and oxygen atoms in total. The van der Waals surface area contributed by atoms with E-state index in [0.29, 0.717) is 11.4 Å². The molecular formula is C13H19ClN2O. The van der Waals surface area contributed by atoms with Crippen LogP contribution in [-0.2, 0) is 4.79 Å². The summed E-state index contributed by atoms with van der Waals surface area (Å²) < 4.78 is 0. The van der Waals surface area contributed by atoms with Crippen LogP contribution in [0.25, 0.3) is 0 Å². The second kappa shape index (κ2) is 5.52. The van der Waals surface area contributed by atoms with Crippen LogP contribution in [0, 0.1) is 0 Å². The fourth-order valence-corrected chi connectivity index (χ4v) is 1.58. The standard InChI is InChI=1S/C13H19ClN2O/c1-4-13(3,15)12(17)16-9(2)10-6-5-7-11(14)8-10/h5-9H,4,15H2,1-3H3,(H,16,17)/t9-,13?/m1/s1. The summed E-state index contributed by atoms with van der Waals surface area (Å²) in [6.07, 6.45) is 0.598. The Labute approximate surface area is 107 Å². The first kappa shape index (κ1) is 14.0. The number of carbonyl (C=O) groups is 1. The molecule has 0 aliphatic rings. The number of rotatable bonds is 4. The van der Waals surface area contributed by atoms with Gasteiger partial charge in [-0.1, -0.05) is 30.7 Å². The van der Waals surface area contributed by atoms with E-state index >= 15 is 0 Å². The van der Waals surface area contributed by atoms with Crippen molar-refractivity contribution in [3.63, 3.8) is 0 Å². The Morgan fingerprint density at radius 1 is 1.59 bits per heavy atom. The molecule has 1 aromatic carbocycles. The molecule has 1 amide bonds. The minimum Gasteiger partial charge on any atom is -0.348 e. The quantitative estimate of drug-likeness (QED) is 0.868. The number of carbonyl (C=O) groups excluding carboxylic acids is 1. The Morgan fingerprint density at radius 3 is 2.76 bits per heavy atom. The van der Waals surface area contributed by atoms with Gasteiger partial charge in [0.05, 0.1) is 11.6 Å². The second-order valence-corrected chi connectivity index (χ2v) is 4.96. The molecule has 0 aromatic heterocycles. The zero-order valence-corrected chi connectivity index (χ0v) is 11.2. The summed E-state index contributed by atoms with van der Waals surface area (Å²) in [4.78, 5) is 11.9. The molecule has 94 valence electrons. The van der Waals surface area contributed by atoms with Crippen LogP contribution in [0.2, 0.25) is 5.02 Å². The number of nitrogens with two attached hydrogens (primary N) is 1. The maximum Gasteiger partial charge on any atom is 0.240 e. The van der Waals surface area contributed by atoms with Crippen LogP contribution in [0.5, 0.6) is 0 Å². The predicted molar refractivity (Wildman–Crippen MR) is 70.9 cm³/mol. The number of benzene rings is 1. The summed E-state index contributed by atoms with van der Waals surface area (Å²) in [5.41, 5.74) is 6.02. The van der Waals surface area contributed by atoms with Crippen molar-refractivity contribution in [2.45, 2.75) is 38.8 Å². The summed E-state index contributed by atoms with van der Waals surface area (Å²) in [5, 5.41) is 3.55. The third-order valence-electron chi connectivity index (χ3n) is 2.95. The smallest absolute Gasteiger partial charge is 0.240 e. The minimum atomic E-state index is -0.827.